The van der Waals surface area contributed by atoms with E-state index >= 15 is 0 Å². The molecule has 3 heterocycles. The Kier molecular flexibility index (Phi) is 3.38. The number of para-hydroxylation sites is 2. The number of hydrogen-bond donors (Lipinski definition) is 0. The lowest BCUT2D eigenvalue weighted by Gasteiger charge is -2.20. The summed E-state index contributed by atoms with van der Waals surface area (Å²) in [7, 11) is 0. The number of nitrogens with zero attached hydrogens (tertiary/aromatic N) is 5. The predicted molar refractivity (Wildman–Crippen MR) is 99.8 cm³/mol. The fraction of sp³-hybridized carbons (Fsp3) is 0.250. The van der Waals surface area contributed by atoms with Crippen LogP contribution in [0.25, 0.3) is 21.9 Å². The average molecular weight is 347 g/mol. The maximum absolute atomic E-state index is 13.7. The average Bonchev–Trinajstić information content (AvgIpc) is 3.24. The lowest BCUT2D eigenvalue weighted by Crippen LogP contribution is -2.22. The third kappa shape index (κ3) is 2.33. The quantitative estimate of drug-likeness (QED) is 0.552. The van der Waals surface area contributed by atoms with Gasteiger partial charge in [-0.2, -0.15) is 0 Å². The van der Waals surface area contributed by atoms with E-state index in [0.717, 1.165) is 53.1 Å². The van der Waals surface area contributed by atoms with E-state index in [1.807, 2.05) is 18.2 Å². The molecule has 4 aromatic rings. The van der Waals surface area contributed by atoms with E-state index in [-0.39, 0.29) is 5.82 Å². The highest BCUT2D eigenvalue weighted by Gasteiger charge is 2.28. The van der Waals surface area contributed by atoms with Crippen molar-refractivity contribution in [2.45, 2.75) is 19.4 Å². The molecule has 26 heavy (non-hydrogen) atoms. The van der Waals surface area contributed by atoms with Gasteiger partial charge in [0.2, 0.25) is 0 Å². The Morgan fingerprint density at radius 2 is 1.96 bits per heavy atom. The molecule has 0 amide bonds. The number of hydrogen-bond acceptors (Lipinski definition) is 4. The molecule has 0 N–H and O–H groups in total. The van der Waals surface area contributed by atoms with Crippen molar-refractivity contribution in [3.8, 4) is 0 Å². The van der Waals surface area contributed by atoms with Crippen molar-refractivity contribution in [2.75, 3.05) is 18.0 Å². The number of aryl methyl sites for hydroxylation is 1. The van der Waals surface area contributed by atoms with E-state index in [9.17, 15) is 4.39 Å². The van der Waals surface area contributed by atoms with Crippen molar-refractivity contribution in [3.63, 3.8) is 0 Å². The normalized spacial score (nSPS) is 17.5. The van der Waals surface area contributed by atoms with Crippen LogP contribution in [-0.2, 0) is 0 Å². The molecule has 0 unspecified atom stereocenters. The molecule has 2 aromatic heterocycles. The highest BCUT2D eigenvalue weighted by Crippen LogP contribution is 2.32. The Morgan fingerprint density at radius 3 is 2.88 bits per heavy atom. The van der Waals surface area contributed by atoms with Crippen molar-refractivity contribution in [1.82, 2.24) is 19.5 Å². The summed E-state index contributed by atoms with van der Waals surface area (Å²) in [6, 6.07) is 13.2. The summed E-state index contributed by atoms with van der Waals surface area (Å²) in [6.07, 6.45) is 2.56. The van der Waals surface area contributed by atoms with Gasteiger partial charge in [-0.05, 0) is 43.7 Å². The highest BCUT2D eigenvalue weighted by molar-refractivity contribution is 5.89. The van der Waals surface area contributed by atoms with Crippen LogP contribution in [0, 0.1) is 12.7 Å². The molecule has 5 nitrogen and oxygen atoms in total. The Bertz CT molecular complexity index is 1120. The second kappa shape index (κ2) is 5.76. The van der Waals surface area contributed by atoms with Crippen LogP contribution in [0.5, 0.6) is 0 Å². The van der Waals surface area contributed by atoms with E-state index < -0.39 is 0 Å². The van der Waals surface area contributed by atoms with Crippen molar-refractivity contribution in [3.05, 3.63) is 60.4 Å². The summed E-state index contributed by atoms with van der Waals surface area (Å²) in [5, 5.41) is 0.764. The van der Waals surface area contributed by atoms with Crippen LogP contribution in [0.3, 0.4) is 0 Å². The van der Waals surface area contributed by atoms with Gasteiger partial charge >= 0.3 is 0 Å². The minimum Gasteiger partial charge on any atom is -0.354 e. The molecule has 1 fully saturated rings. The van der Waals surface area contributed by atoms with Crippen LogP contribution in [0.2, 0.25) is 0 Å². The standard InChI is InChI=1S/C20H18FN5/c1-13-24-18-4-2-3-5-19(18)26(13)15-8-9-25(11-15)20-16-10-14(21)6-7-17(16)22-12-23-20/h2-7,10,12,15H,8-9,11H2,1H3/t15-/m0/s1. The summed E-state index contributed by atoms with van der Waals surface area (Å²) in [6.45, 7) is 3.75. The lowest BCUT2D eigenvalue weighted by molar-refractivity contribution is 0.553. The highest BCUT2D eigenvalue weighted by atomic mass is 19.1. The first kappa shape index (κ1) is 15.3. The van der Waals surface area contributed by atoms with Gasteiger partial charge in [0, 0.05) is 18.5 Å². The fourth-order valence-corrected chi connectivity index (χ4v) is 4.04. The molecular formula is C20H18FN5. The first-order valence-corrected chi connectivity index (χ1v) is 8.79. The molecule has 5 rings (SSSR count). The molecule has 1 aliphatic rings. The molecule has 0 spiro atoms. The zero-order chi connectivity index (χ0) is 17.7. The molecule has 0 aliphatic carbocycles. The molecule has 2 aromatic carbocycles. The van der Waals surface area contributed by atoms with Crippen molar-refractivity contribution >= 4 is 27.8 Å². The minimum absolute atomic E-state index is 0.263. The number of halogens is 1. The molecule has 1 atom stereocenters. The van der Waals surface area contributed by atoms with E-state index in [4.69, 9.17) is 0 Å². The zero-order valence-corrected chi connectivity index (χ0v) is 14.4. The number of anilines is 1. The van der Waals surface area contributed by atoms with Gasteiger partial charge in [0.1, 0.15) is 23.8 Å². The zero-order valence-electron chi connectivity index (χ0n) is 14.4. The summed E-state index contributed by atoms with van der Waals surface area (Å²) in [5.41, 5.74) is 2.96. The Morgan fingerprint density at radius 1 is 1.08 bits per heavy atom. The largest absolute Gasteiger partial charge is 0.354 e. The molecule has 0 saturated carbocycles. The first-order valence-electron chi connectivity index (χ1n) is 8.79. The van der Waals surface area contributed by atoms with Crippen molar-refractivity contribution in [2.24, 2.45) is 0 Å². The van der Waals surface area contributed by atoms with Gasteiger partial charge in [0.25, 0.3) is 0 Å². The number of benzene rings is 2. The van der Waals surface area contributed by atoms with Crippen LogP contribution in [0.4, 0.5) is 10.2 Å². The number of rotatable bonds is 2. The monoisotopic (exact) mass is 347 g/mol. The fourth-order valence-electron chi connectivity index (χ4n) is 4.04. The van der Waals surface area contributed by atoms with Gasteiger partial charge in [-0.3, -0.25) is 0 Å². The summed E-state index contributed by atoms with van der Waals surface area (Å²) < 4.78 is 16.1. The van der Waals surface area contributed by atoms with E-state index in [2.05, 4.69) is 37.4 Å². The molecule has 1 aliphatic heterocycles. The minimum atomic E-state index is -0.263. The van der Waals surface area contributed by atoms with E-state index in [1.54, 1.807) is 12.4 Å². The summed E-state index contributed by atoms with van der Waals surface area (Å²) >= 11 is 0. The summed E-state index contributed by atoms with van der Waals surface area (Å²) in [4.78, 5) is 15.6. The van der Waals surface area contributed by atoms with Crippen LogP contribution < -0.4 is 4.90 Å². The van der Waals surface area contributed by atoms with E-state index in [1.165, 1.54) is 12.1 Å². The second-order valence-corrected chi connectivity index (χ2v) is 6.76. The predicted octanol–water partition coefficient (Wildman–Crippen LogP) is 3.88. The molecule has 6 heteroatoms. The molecular weight excluding hydrogens is 329 g/mol. The maximum atomic E-state index is 13.7. The molecule has 130 valence electrons. The molecule has 1 saturated heterocycles. The van der Waals surface area contributed by atoms with Gasteiger partial charge in [-0.25, -0.2) is 19.3 Å². The van der Waals surface area contributed by atoms with Crippen LogP contribution in [-0.4, -0.2) is 32.6 Å². The Balaban J connectivity index is 1.53. The maximum Gasteiger partial charge on any atom is 0.140 e. The third-order valence-corrected chi connectivity index (χ3v) is 5.18. The van der Waals surface area contributed by atoms with Crippen LogP contribution in [0.1, 0.15) is 18.3 Å². The Hall–Kier alpha value is -3.02. The molecule has 0 bridgehead atoms. The lowest BCUT2D eigenvalue weighted by atomic mass is 10.2. The second-order valence-electron chi connectivity index (χ2n) is 6.76. The van der Waals surface area contributed by atoms with Gasteiger partial charge < -0.3 is 9.47 Å². The molecule has 0 radical (unpaired) electrons. The van der Waals surface area contributed by atoms with Gasteiger partial charge in [0.05, 0.1) is 22.6 Å². The van der Waals surface area contributed by atoms with Crippen molar-refractivity contribution < 1.29 is 4.39 Å². The number of imidazole rings is 1. The summed E-state index contributed by atoms with van der Waals surface area (Å²) in [5.74, 6) is 1.57. The SMILES string of the molecule is Cc1nc2ccccc2n1[C@H]1CCN(c2ncnc3ccc(F)cc23)C1. The third-order valence-electron chi connectivity index (χ3n) is 5.18. The van der Waals surface area contributed by atoms with Gasteiger partial charge in [0.15, 0.2) is 0 Å². The number of fused-ring (bicyclic) bond motifs is 2. The van der Waals surface area contributed by atoms with Crippen LogP contribution >= 0.6 is 0 Å². The first-order chi connectivity index (χ1) is 12.7. The van der Waals surface area contributed by atoms with Crippen molar-refractivity contribution in [1.29, 1.82) is 0 Å². The number of aromatic nitrogens is 4. The smallest absolute Gasteiger partial charge is 0.140 e. The topological polar surface area (TPSA) is 46.8 Å². The van der Waals surface area contributed by atoms with Gasteiger partial charge in [-0.15, -0.1) is 0 Å². The van der Waals surface area contributed by atoms with Crippen LogP contribution in [0.15, 0.2) is 48.8 Å². The Labute approximate surface area is 150 Å². The van der Waals surface area contributed by atoms with E-state index in [0.29, 0.717) is 6.04 Å². The van der Waals surface area contributed by atoms with Gasteiger partial charge in [-0.1, -0.05) is 12.1 Å².